The van der Waals surface area contributed by atoms with Gasteiger partial charge in [-0.05, 0) is 24.3 Å². The second kappa shape index (κ2) is 8.42. The molecule has 0 unspecified atom stereocenters. The molecule has 0 saturated carbocycles. The maximum Gasteiger partial charge on any atom is 0.163 e. The van der Waals surface area contributed by atoms with Gasteiger partial charge in [-0.3, -0.25) is 0 Å². The van der Waals surface area contributed by atoms with Crippen LogP contribution < -0.4 is 14.8 Å². The molecule has 0 saturated heterocycles. The Morgan fingerprint density at radius 3 is 2.25 bits per heavy atom. The monoisotopic (exact) mass is 323 g/mol. The van der Waals surface area contributed by atoms with Crippen LogP contribution in [0.2, 0.25) is 0 Å². The summed E-state index contributed by atoms with van der Waals surface area (Å²) in [6.07, 6.45) is 0. The lowest BCUT2D eigenvalue weighted by Gasteiger charge is -2.14. The van der Waals surface area contributed by atoms with Crippen molar-refractivity contribution in [1.82, 2.24) is 0 Å². The van der Waals surface area contributed by atoms with Crippen molar-refractivity contribution in [3.05, 3.63) is 47.5 Å². The predicted molar refractivity (Wildman–Crippen MR) is 89.5 cm³/mol. The molecule has 0 aliphatic heterocycles. The average molecular weight is 323 g/mol. The third kappa shape index (κ3) is 3.95. The zero-order chi connectivity index (χ0) is 17.4. The highest BCUT2D eigenvalue weighted by Gasteiger charge is 2.11. The molecule has 0 amide bonds. The Morgan fingerprint density at radius 1 is 0.958 bits per heavy atom. The zero-order valence-corrected chi connectivity index (χ0v) is 13.5. The van der Waals surface area contributed by atoms with Crippen molar-refractivity contribution in [3.8, 4) is 23.6 Å². The number of nitrogens with one attached hydrogen (secondary N) is 1. The average Bonchev–Trinajstić information content (AvgIpc) is 2.62. The molecule has 1 N–H and O–H groups in total. The molecule has 2 aromatic rings. The van der Waals surface area contributed by atoms with Crippen LogP contribution in [0.25, 0.3) is 0 Å². The second-order valence-electron chi connectivity index (χ2n) is 4.78. The minimum absolute atomic E-state index is 0.383. The number of benzene rings is 2. The summed E-state index contributed by atoms with van der Waals surface area (Å²) in [5.41, 5.74) is 1.94. The first-order chi connectivity index (χ1) is 11.7. The molecule has 0 bridgehead atoms. The number of methoxy groups -OCH3 is 2. The van der Waals surface area contributed by atoms with E-state index in [0.717, 1.165) is 0 Å². The van der Waals surface area contributed by atoms with E-state index in [0.29, 0.717) is 47.2 Å². The summed E-state index contributed by atoms with van der Waals surface area (Å²) >= 11 is 0. The molecule has 24 heavy (non-hydrogen) atoms. The van der Waals surface area contributed by atoms with Crippen molar-refractivity contribution < 1.29 is 14.2 Å². The van der Waals surface area contributed by atoms with Crippen molar-refractivity contribution in [2.75, 3.05) is 32.8 Å². The number of nitrogens with zero attached hydrogens (tertiary/aromatic N) is 2. The molecule has 0 aliphatic carbocycles. The van der Waals surface area contributed by atoms with Gasteiger partial charge in [-0.2, -0.15) is 10.5 Å². The number of hydrogen-bond acceptors (Lipinski definition) is 6. The lowest BCUT2D eigenvalue weighted by atomic mass is 10.1. The van der Waals surface area contributed by atoms with Crippen LogP contribution in [-0.4, -0.2) is 27.4 Å². The van der Waals surface area contributed by atoms with Crippen LogP contribution in [0.5, 0.6) is 11.5 Å². The summed E-state index contributed by atoms with van der Waals surface area (Å²) in [4.78, 5) is 0. The fourth-order valence-corrected chi connectivity index (χ4v) is 2.12. The molecule has 2 aromatic carbocycles. The van der Waals surface area contributed by atoms with Crippen molar-refractivity contribution >= 4 is 11.4 Å². The molecule has 0 heterocycles. The summed E-state index contributed by atoms with van der Waals surface area (Å²) in [7, 11) is 3.16. The smallest absolute Gasteiger partial charge is 0.163 e. The van der Waals surface area contributed by atoms with Gasteiger partial charge in [0, 0.05) is 18.9 Å². The first-order valence-electron chi connectivity index (χ1n) is 7.23. The quantitative estimate of drug-likeness (QED) is 0.787. The fourth-order valence-electron chi connectivity index (χ4n) is 2.12. The Hall–Kier alpha value is -3.22. The van der Waals surface area contributed by atoms with Gasteiger partial charge in [0.25, 0.3) is 0 Å². The van der Waals surface area contributed by atoms with Gasteiger partial charge in [-0.1, -0.05) is 6.07 Å². The summed E-state index contributed by atoms with van der Waals surface area (Å²) in [5.74, 6) is 1.14. The van der Waals surface area contributed by atoms with Gasteiger partial charge < -0.3 is 19.5 Å². The molecule has 2 rings (SSSR count). The van der Waals surface area contributed by atoms with E-state index in [9.17, 15) is 10.5 Å². The zero-order valence-electron chi connectivity index (χ0n) is 13.5. The summed E-state index contributed by atoms with van der Waals surface area (Å²) in [6, 6.07) is 14.5. The second-order valence-corrected chi connectivity index (χ2v) is 4.78. The summed E-state index contributed by atoms with van der Waals surface area (Å²) < 4.78 is 15.9. The summed E-state index contributed by atoms with van der Waals surface area (Å²) in [6.45, 7) is 0.838. The molecule has 0 spiro atoms. The van der Waals surface area contributed by atoms with Gasteiger partial charge in [0.2, 0.25) is 0 Å². The molecule has 6 heteroatoms. The van der Waals surface area contributed by atoms with Crippen LogP contribution in [0.1, 0.15) is 11.1 Å². The largest absolute Gasteiger partial charge is 0.493 e. The van der Waals surface area contributed by atoms with Crippen LogP contribution in [0.4, 0.5) is 11.4 Å². The Bertz CT molecular complexity index is 759. The van der Waals surface area contributed by atoms with E-state index >= 15 is 0 Å². The molecule has 0 atom stereocenters. The Balaban J connectivity index is 2.33. The van der Waals surface area contributed by atoms with Crippen molar-refractivity contribution in [2.24, 2.45) is 0 Å². The highest BCUT2D eigenvalue weighted by molar-refractivity contribution is 5.74. The Labute approximate surface area is 140 Å². The summed E-state index contributed by atoms with van der Waals surface area (Å²) in [5, 5.41) is 21.6. The predicted octanol–water partition coefficient (Wildman–Crippen LogP) is 3.21. The minimum Gasteiger partial charge on any atom is -0.493 e. The van der Waals surface area contributed by atoms with Crippen LogP contribution in [-0.2, 0) is 4.74 Å². The van der Waals surface area contributed by atoms with Crippen LogP contribution in [0.3, 0.4) is 0 Å². The fraction of sp³-hybridized carbons (Fsp3) is 0.222. The van der Waals surface area contributed by atoms with Crippen LogP contribution in [0, 0.1) is 22.7 Å². The third-order valence-corrected chi connectivity index (χ3v) is 3.28. The molecule has 0 aliphatic rings. The molecular formula is C18H17N3O3. The third-order valence-electron chi connectivity index (χ3n) is 3.28. The van der Waals surface area contributed by atoms with Gasteiger partial charge in [0.1, 0.15) is 18.7 Å². The molecule has 0 aromatic heterocycles. The number of para-hydroxylation sites is 1. The maximum absolute atomic E-state index is 9.24. The minimum atomic E-state index is 0.383. The normalized spacial score (nSPS) is 9.67. The van der Waals surface area contributed by atoms with E-state index in [4.69, 9.17) is 14.2 Å². The lowest BCUT2D eigenvalue weighted by molar-refractivity contribution is 0.144. The molecule has 122 valence electrons. The lowest BCUT2D eigenvalue weighted by Crippen LogP contribution is -2.06. The van der Waals surface area contributed by atoms with Crippen molar-refractivity contribution in [3.63, 3.8) is 0 Å². The first-order valence-corrected chi connectivity index (χ1v) is 7.23. The van der Waals surface area contributed by atoms with E-state index in [1.807, 2.05) is 0 Å². The number of ether oxygens (including phenoxy) is 3. The molecule has 6 nitrogen and oxygen atoms in total. The highest BCUT2D eigenvalue weighted by Crippen LogP contribution is 2.33. The SMILES string of the molecule is COCCOc1cc(Nc2c(C#N)cccc2C#N)ccc1OC. The number of rotatable bonds is 7. The van der Waals surface area contributed by atoms with E-state index in [1.165, 1.54) is 0 Å². The topological polar surface area (TPSA) is 87.3 Å². The van der Waals surface area contributed by atoms with E-state index < -0.39 is 0 Å². The number of hydrogen-bond donors (Lipinski definition) is 1. The van der Waals surface area contributed by atoms with Crippen molar-refractivity contribution in [2.45, 2.75) is 0 Å². The van der Waals surface area contributed by atoms with Gasteiger partial charge in [0.15, 0.2) is 11.5 Å². The van der Waals surface area contributed by atoms with Gasteiger partial charge >= 0.3 is 0 Å². The van der Waals surface area contributed by atoms with Crippen LogP contribution >= 0.6 is 0 Å². The van der Waals surface area contributed by atoms with Gasteiger partial charge in [0.05, 0.1) is 30.5 Å². The number of anilines is 2. The first kappa shape index (κ1) is 17.1. The van der Waals surface area contributed by atoms with E-state index in [-0.39, 0.29) is 0 Å². The van der Waals surface area contributed by atoms with Gasteiger partial charge in [-0.15, -0.1) is 0 Å². The van der Waals surface area contributed by atoms with Gasteiger partial charge in [-0.25, -0.2) is 0 Å². The standard InChI is InChI=1S/C18H17N3O3/c1-22-8-9-24-17-10-15(6-7-16(17)23-2)21-18-13(11-19)4-3-5-14(18)12-20/h3-7,10,21H,8-9H2,1-2H3. The molecule has 0 fully saturated rings. The molecule has 0 radical (unpaired) electrons. The number of nitriles is 2. The highest BCUT2D eigenvalue weighted by atomic mass is 16.5. The maximum atomic E-state index is 9.24. The Kier molecular flexibility index (Phi) is 6.01. The Morgan fingerprint density at radius 2 is 1.67 bits per heavy atom. The molecular weight excluding hydrogens is 306 g/mol. The van der Waals surface area contributed by atoms with E-state index in [1.54, 1.807) is 50.6 Å². The van der Waals surface area contributed by atoms with Crippen LogP contribution in [0.15, 0.2) is 36.4 Å². The van der Waals surface area contributed by atoms with E-state index in [2.05, 4.69) is 17.5 Å². The van der Waals surface area contributed by atoms with Crippen molar-refractivity contribution in [1.29, 1.82) is 10.5 Å².